The predicted octanol–water partition coefficient (Wildman–Crippen LogP) is 1.76. The van der Waals surface area contributed by atoms with Crippen LogP contribution in [-0.2, 0) is 14.3 Å². The molecule has 24 heavy (non-hydrogen) atoms. The van der Waals surface area contributed by atoms with E-state index in [1.807, 2.05) is 31.2 Å². The summed E-state index contributed by atoms with van der Waals surface area (Å²) >= 11 is 0. The summed E-state index contributed by atoms with van der Waals surface area (Å²) in [6.07, 6.45) is 1.48. The molecule has 0 aliphatic carbocycles. The van der Waals surface area contributed by atoms with Crippen molar-refractivity contribution in [2.45, 2.75) is 25.8 Å². The highest BCUT2D eigenvalue weighted by Crippen LogP contribution is 2.24. The van der Waals surface area contributed by atoms with Crippen molar-refractivity contribution in [1.29, 1.82) is 0 Å². The summed E-state index contributed by atoms with van der Waals surface area (Å²) in [6.45, 7) is 3.75. The maximum Gasteiger partial charge on any atom is 0.308 e. The molecule has 1 amide bonds. The number of hydrogen-bond donors (Lipinski definition) is 1. The second-order valence-corrected chi connectivity index (χ2v) is 6.10. The van der Waals surface area contributed by atoms with Gasteiger partial charge in [0.2, 0.25) is 5.91 Å². The summed E-state index contributed by atoms with van der Waals surface area (Å²) in [7, 11) is 3.04. The predicted molar refractivity (Wildman–Crippen MR) is 90.7 cm³/mol. The van der Waals surface area contributed by atoms with Gasteiger partial charge in [-0.15, -0.1) is 0 Å². The number of carbonyl (C=O) groups excluding carboxylic acids is 2. The van der Waals surface area contributed by atoms with Crippen molar-refractivity contribution in [2.75, 3.05) is 33.9 Å². The van der Waals surface area contributed by atoms with E-state index in [2.05, 4.69) is 10.2 Å². The third kappa shape index (κ3) is 4.71. The zero-order valence-electron chi connectivity index (χ0n) is 14.6. The van der Waals surface area contributed by atoms with Gasteiger partial charge in [-0.1, -0.05) is 18.2 Å². The van der Waals surface area contributed by atoms with E-state index < -0.39 is 0 Å². The van der Waals surface area contributed by atoms with Gasteiger partial charge in [-0.05, 0) is 38.9 Å². The van der Waals surface area contributed by atoms with Crippen LogP contribution in [0.5, 0.6) is 5.75 Å². The average Bonchev–Trinajstić information content (AvgIpc) is 2.61. The molecule has 1 aromatic carbocycles. The first-order chi connectivity index (χ1) is 11.5. The number of carbonyl (C=O) groups is 2. The lowest BCUT2D eigenvalue weighted by atomic mass is 9.97. The van der Waals surface area contributed by atoms with E-state index in [9.17, 15) is 9.59 Å². The Kier molecular flexibility index (Phi) is 6.61. The van der Waals surface area contributed by atoms with Gasteiger partial charge in [0, 0.05) is 5.56 Å². The zero-order valence-corrected chi connectivity index (χ0v) is 14.6. The van der Waals surface area contributed by atoms with Gasteiger partial charge in [0.15, 0.2) is 0 Å². The largest absolute Gasteiger partial charge is 0.496 e. The number of ether oxygens (including phenoxy) is 2. The van der Waals surface area contributed by atoms with Gasteiger partial charge >= 0.3 is 5.97 Å². The van der Waals surface area contributed by atoms with Crippen LogP contribution in [0.4, 0.5) is 0 Å². The van der Waals surface area contributed by atoms with Crippen molar-refractivity contribution in [3.05, 3.63) is 29.8 Å². The fraction of sp³-hybridized carbons (Fsp3) is 0.556. The molecule has 1 saturated heterocycles. The molecule has 1 unspecified atom stereocenters. The fourth-order valence-corrected chi connectivity index (χ4v) is 3.09. The number of piperidine rings is 1. The monoisotopic (exact) mass is 334 g/mol. The summed E-state index contributed by atoms with van der Waals surface area (Å²) in [6, 6.07) is 7.54. The molecule has 0 spiro atoms. The average molecular weight is 334 g/mol. The van der Waals surface area contributed by atoms with E-state index in [4.69, 9.17) is 9.47 Å². The molecule has 1 heterocycles. The molecule has 1 atom stereocenters. The summed E-state index contributed by atoms with van der Waals surface area (Å²) in [5.74, 6) is 0.555. The number of methoxy groups -OCH3 is 2. The Bertz CT molecular complexity index is 568. The van der Waals surface area contributed by atoms with Crippen LogP contribution in [0.1, 0.15) is 31.4 Å². The number of nitrogens with zero attached hydrogens (tertiary/aromatic N) is 1. The molecule has 1 N–H and O–H groups in total. The van der Waals surface area contributed by atoms with Crippen molar-refractivity contribution in [3.63, 3.8) is 0 Å². The molecule has 2 rings (SSSR count). The lowest BCUT2D eigenvalue weighted by Gasteiger charge is -2.30. The highest BCUT2D eigenvalue weighted by molar-refractivity contribution is 5.78. The van der Waals surface area contributed by atoms with Gasteiger partial charge in [0.1, 0.15) is 5.75 Å². The molecular weight excluding hydrogens is 308 g/mol. The molecule has 1 aromatic rings. The number of nitrogens with one attached hydrogen (secondary N) is 1. The summed E-state index contributed by atoms with van der Waals surface area (Å²) < 4.78 is 10.1. The van der Waals surface area contributed by atoms with E-state index in [-0.39, 0.29) is 23.8 Å². The Morgan fingerprint density at radius 2 is 1.92 bits per heavy atom. The van der Waals surface area contributed by atoms with Crippen LogP contribution in [0.3, 0.4) is 0 Å². The molecule has 1 fully saturated rings. The maximum atomic E-state index is 12.3. The lowest BCUT2D eigenvalue weighted by molar-refractivity contribution is -0.147. The first kappa shape index (κ1) is 18.3. The fourth-order valence-electron chi connectivity index (χ4n) is 3.09. The number of likely N-dealkylation sites (tertiary alicyclic amines) is 1. The highest BCUT2D eigenvalue weighted by atomic mass is 16.5. The normalized spacial score (nSPS) is 17.1. The van der Waals surface area contributed by atoms with E-state index in [0.29, 0.717) is 6.54 Å². The van der Waals surface area contributed by atoms with Crippen molar-refractivity contribution in [1.82, 2.24) is 10.2 Å². The van der Waals surface area contributed by atoms with Crippen LogP contribution in [0.2, 0.25) is 0 Å². The number of benzene rings is 1. The first-order valence-corrected chi connectivity index (χ1v) is 8.27. The van der Waals surface area contributed by atoms with E-state index in [1.165, 1.54) is 7.11 Å². The summed E-state index contributed by atoms with van der Waals surface area (Å²) in [4.78, 5) is 25.9. The first-order valence-electron chi connectivity index (χ1n) is 8.27. The van der Waals surface area contributed by atoms with Gasteiger partial charge < -0.3 is 14.8 Å². The van der Waals surface area contributed by atoms with Gasteiger partial charge in [-0.25, -0.2) is 0 Å². The molecule has 0 saturated carbocycles. The third-order valence-electron chi connectivity index (χ3n) is 4.47. The maximum absolute atomic E-state index is 12.3. The summed E-state index contributed by atoms with van der Waals surface area (Å²) in [5, 5.41) is 3.01. The molecular formula is C18H26N2O4. The van der Waals surface area contributed by atoms with Crippen molar-refractivity contribution < 1.29 is 19.1 Å². The molecule has 0 radical (unpaired) electrons. The highest BCUT2D eigenvalue weighted by Gasteiger charge is 2.26. The SMILES string of the molecule is COC(=O)C1CCN(CC(=O)NC(C)c2ccccc2OC)CC1. The Morgan fingerprint density at radius 3 is 2.54 bits per heavy atom. The number of esters is 1. The van der Waals surface area contributed by atoms with Crippen molar-refractivity contribution in [2.24, 2.45) is 5.92 Å². The van der Waals surface area contributed by atoms with Gasteiger partial charge in [0.05, 0.1) is 32.7 Å². The molecule has 1 aliphatic heterocycles. The van der Waals surface area contributed by atoms with Gasteiger partial charge in [-0.2, -0.15) is 0 Å². The lowest BCUT2D eigenvalue weighted by Crippen LogP contribution is -2.43. The molecule has 6 nitrogen and oxygen atoms in total. The minimum absolute atomic E-state index is 0.0232. The smallest absolute Gasteiger partial charge is 0.308 e. The quantitative estimate of drug-likeness (QED) is 0.803. The van der Waals surface area contributed by atoms with Crippen LogP contribution >= 0.6 is 0 Å². The molecule has 0 aromatic heterocycles. The Hall–Kier alpha value is -2.08. The van der Waals surface area contributed by atoms with Crippen molar-refractivity contribution >= 4 is 11.9 Å². The van der Waals surface area contributed by atoms with Crippen LogP contribution in [-0.4, -0.2) is 50.6 Å². The molecule has 6 heteroatoms. The van der Waals surface area contributed by atoms with Crippen molar-refractivity contribution in [3.8, 4) is 5.75 Å². The Balaban J connectivity index is 1.82. The van der Waals surface area contributed by atoms with E-state index >= 15 is 0 Å². The number of hydrogen-bond acceptors (Lipinski definition) is 5. The second kappa shape index (κ2) is 8.68. The second-order valence-electron chi connectivity index (χ2n) is 6.10. The minimum Gasteiger partial charge on any atom is -0.496 e. The number of para-hydroxylation sites is 1. The molecule has 0 bridgehead atoms. The van der Waals surface area contributed by atoms with E-state index in [1.54, 1.807) is 7.11 Å². The third-order valence-corrected chi connectivity index (χ3v) is 4.47. The topological polar surface area (TPSA) is 67.9 Å². The number of amides is 1. The van der Waals surface area contributed by atoms with Gasteiger partial charge in [-0.3, -0.25) is 14.5 Å². The minimum atomic E-state index is -0.149. The molecule has 1 aliphatic rings. The van der Waals surface area contributed by atoms with Gasteiger partial charge in [0.25, 0.3) is 0 Å². The standard InChI is InChI=1S/C18H26N2O4/c1-13(15-6-4-5-7-16(15)23-2)19-17(21)12-20-10-8-14(9-11-20)18(22)24-3/h4-7,13-14H,8-12H2,1-3H3,(H,19,21). The molecule has 132 valence electrons. The van der Waals surface area contributed by atoms with Crippen LogP contribution in [0.15, 0.2) is 24.3 Å². The van der Waals surface area contributed by atoms with Crippen LogP contribution in [0, 0.1) is 5.92 Å². The van der Waals surface area contributed by atoms with E-state index in [0.717, 1.165) is 37.2 Å². The summed E-state index contributed by atoms with van der Waals surface area (Å²) in [5.41, 5.74) is 0.956. The Labute approximate surface area is 143 Å². The van der Waals surface area contributed by atoms with Crippen LogP contribution in [0.25, 0.3) is 0 Å². The zero-order chi connectivity index (χ0) is 17.5. The Morgan fingerprint density at radius 1 is 1.25 bits per heavy atom. The number of rotatable bonds is 6. The van der Waals surface area contributed by atoms with Crippen LogP contribution < -0.4 is 10.1 Å².